The SMILES string of the molecule is NCCC(CCCc1cccnc1)c1ccccc1. The van der Waals surface area contributed by atoms with Gasteiger partial charge in [-0.05, 0) is 55.3 Å². The standard InChI is InChI=1S/C17H22N2/c18-12-11-17(16-8-2-1-3-9-16)10-4-6-15-7-5-13-19-14-15/h1-3,5,7-9,13-14,17H,4,6,10-12,18H2. The summed E-state index contributed by atoms with van der Waals surface area (Å²) in [6, 6.07) is 14.9. The average Bonchev–Trinajstić information content (AvgIpc) is 2.48. The van der Waals surface area contributed by atoms with Gasteiger partial charge in [-0.2, -0.15) is 0 Å². The zero-order chi connectivity index (χ0) is 13.3. The molecule has 1 atom stereocenters. The molecule has 2 N–H and O–H groups in total. The van der Waals surface area contributed by atoms with Crippen molar-refractivity contribution in [1.29, 1.82) is 0 Å². The highest BCUT2D eigenvalue weighted by Crippen LogP contribution is 2.25. The number of nitrogens with zero attached hydrogens (tertiary/aromatic N) is 1. The van der Waals surface area contributed by atoms with Crippen LogP contribution in [-0.4, -0.2) is 11.5 Å². The molecular weight excluding hydrogens is 232 g/mol. The second-order valence-corrected chi connectivity index (χ2v) is 4.94. The smallest absolute Gasteiger partial charge is 0.0299 e. The first-order valence-corrected chi connectivity index (χ1v) is 7.04. The molecule has 1 unspecified atom stereocenters. The summed E-state index contributed by atoms with van der Waals surface area (Å²) < 4.78 is 0. The van der Waals surface area contributed by atoms with Gasteiger partial charge in [0.2, 0.25) is 0 Å². The van der Waals surface area contributed by atoms with Crippen LogP contribution in [0.1, 0.15) is 36.3 Å². The lowest BCUT2D eigenvalue weighted by Gasteiger charge is -2.16. The quantitative estimate of drug-likeness (QED) is 0.821. The average molecular weight is 254 g/mol. The third-order valence-corrected chi connectivity index (χ3v) is 3.53. The number of pyridine rings is 1. The summed E-state index contributed by atoms with van der Waals surface area (Å²) in [6.45, 7) is 0.756. The second-order valence-electron chi connectivity index (χ2n) is 4.94. The Morgan fingerprint density at radius 1 is 1.00 bits per heavy atom. The van der Waals surface area contributed by atoms with Crippen molar-refractivity contribution in [3.05, 3.63) is 66.0 Å². The molecule has 0 fully saturated rings. The maximum atomic E-state index is 5.74. The van der Waals surface area contributed by atoms with Gasteiger partial charge < -0.3 is 5.73 Å². The monoisotopic (exact) mass is 254 g/mol. The van der Waals surface area contributed by atoms with E-state index in [1.165, 1.54) is 24.0 Å². The fraction of sp³-hybridized carbons (Fsp3) is 0.353. The molecule has 0 aliphatic carbocycles. The second kappa shape index (κ2) is 7.70. The molecule has 0 aliphatic heterocycles. The first-order valence-electron chi connectivity index (χ1n) is 7.04. The van der Waals surface area contributed by atoms with Crippen molar-refractivity contribution in [2.45, 2.75) is 31.6 Å². The van der Waals surface area contributed by atoms with Gasteiger partial charge in [-0.1, -0.05) is 36.4 Å². The number of rotatable bonds is 7. The van der Waals surface area contributed by atoms with Crippen LogP contribution in [0.2, 0.25) is 0 Å². The molecule has 1 aromatic heterocycles. The van der Waals surface area contributed by atoms with Crippen LogP contribution >= 0.6 is 0 Å². The number of benzene rings is 1. The predicted octanol–water partition coefficient (Wildman–Crippen LogP) is 3.54. The molecule has 1 aromatic carbocycles. The van der Waals surface area contributed by atoms with Gasteiger partial charge in [-0.25, -0.2) is 0 Å². The third kappa shape index (κ3) is 4.49. The van der Waals surface area contributed by atoms with E-state index in [-0.39, 0.29) is 0 Å². The van der Waals surface area contributed by atoms with E-state index >= 15 is 0 Å². The highest BCUT2D eigenvalue weighted by Gasteiger charge is 2.10. The summed E-state index contributed by atoms with van der Waals surface area (Å²) in [6.07, 6.45) is 8.32. The summed E-state index contributed by atoms with van der Waals surface area (Å²) in [5.74, 6) is 0.586. The Balaban J connectivity index is 1.87. The van der Waals surface area contributed by atoms with Crippen LogP contribution in [0.3, 0.4) is 0 Å². The minimum Gasteiger partial charge on any atom is -0.330 e. The Morgan fingerprint density at radius 2 is 1.84 bits per heavy atom. The van der Waals surface area contributed by atoms with E-state index in [2.05, 4.69) is 41.4 Å². The van der Waals surface area contributed by atoms with Gasteiger partial charge in [-0.3, -0.25) is 4.98 Å². The summed E-state index contributed by atoms with van der Waals surface area (Å²) in [5, 5.41) is 0. The Morgan fingerprint density at radius 3 is 2.53 bits per heavy atom. The lowest BCUT2D eigenvalue weighted by Crippen LogP contribution is -2.08. The molecule has 2 rings (SSSR count). The van der Waals surface area contributed by atoms with E-state index < -0.39 is 0 Å². The number of aromatic nitrogens is 1. The molecule has 2 heteroatoms. The van der Waals surface area contributed by atoms with E-state index in [0.29, 0.717) is 5.92 Å². The highest BCUT2D eigenvalue weighted by molar-refractivity contribution is 5.19. The summed E-state index contributed by atoms with van der Waals surface area (Å²) in [7, 11) is 0. The van der Waals surface area contributed by atoms with Crippen LogP contribution < -0.4 is 5.73 Å². The largest absolute Gasteiger partial charge is 0.330 e. The summed E-state index contributed by atoms with van der Waals surface area (Å²) in [5.41, 5.74) is 8.48. The van der Waals surface area contributed by atoms with Gasteiger partial charge in [0.05, 0.1) is 0 Å². The normalized spacial score (nSPS) is 12.3. The predicted molar refractivity (Wildman–Crippen MR) is 80.0 cm³/mol. The minimum absolute atomic E-state index is 0.586. The molecule has 0 spiro atoms. The van der Waals surface area contributed by atoms with Crippen molar-refractivity contribution in [2.75, 3.05) is 6.54 Å². The number of aryl methyl sites for hydroxylation is 1. The Bertz CT molecular complexity index is 453. The van der Waals surface area contributed by atoms with Crippen LogP contribution in [0.4, 0.5) is 0 Å². The van der Waals surface area contributed by atoms with Gasteiger partial charge in [0.25, 0.3) is 0 Å². The molecule has 1 heterocycles. The van der Waals surface area contributed by atoms with E-state index in [1.54, 1.807) is 0 Å². The topological polar surface area (TPSA) is 38.9 Å². The van der Waals surface area contributed by atoms with Crippen molar-refractivity contribution in [3.63, 3.8) is 0 Å². The molecule has 0 radical (unpaired) electrons. The highest BCUT2D eigenvalue weighted by atomic mass is 14.6. The van der Waals surface area contributed by atoms with Crippen molar-refractivity contribution in [3.8, 4) is 0 Å². The maximum absolute atomic E-state index is 5.74. The van der Waals surface area contributed by atoms with Gasteiger partial charge in [0.15, 0.2) is 0 Å². The molecule has 2 aromatic rings. The van der Waals surface area contributed by atoms with Crippen LogP contribution in [0.15, 0.2) is 54.9 Å². The Labute approximate surface area is 115 Å². The molecule has 0 aliphatic rings. The van der Waals surface area contributed by atoms with Crippen molar-refractivity contribution in [2.24, 2.45) is 5.73 Å². The van der Waals surface area contributed by atoms with Crippen LogP contribution in [0.25, 0.3) is 0 Å². The minimum atomic E-state index is 0.586. The van der Waals surface area contributed by atoms with Gasteiger partial charge in [-0.15, -0.1) is 0 Å². The summed E-state index contributed by atoms with van der Waals surface area (Å²) >= 11 is 0. The van der Waals surface area contributed by atoms with E-state index in [1.807, 2.05) is 18.5 Å². The first-order chi connectivity index (χ1) is 9.40. The van der Waals surface area contributed by atoms with Gasteiger partial charge in [0, 0.05) is 12.4 Å². The van der Waals surface area contributed by atoms with Crippen molar-refractivity contribution in [1.82, 2.24) is 4.98 Å². The molecule has 0 saturated carbocycles. The van der Waals surface area contributed by atoms with Crippen LogP contribution in [0.5, 0.6) is 0 Å². The van der Waals surface area contributed by atoms with Crippen LogP contribution in [0, 0.1) is 0 Å². The summed E-state index contributed by atoms with van der Waals surface area (Å²) in [4.78, 5) is 4.16. The zero-order valence-corrected chi connectivity index (χ0v) is 11.3. The van der Waals surface area contributed by atoms with E-state index in [4.69, 9.17) is 5.73 Å². The van der Waals surface area contributed by atoms with Gasteiger partial charge >= 0.3 is 0 Å². The fourth-order valence-electron chi connectivity index (χ4n) is 2.50. The Hall–Kier alpha value is -1.67. The van der Waals surface area contributed by atoms with Crippen molar-refractivity contribution >= 4 is 0 Å². The maximum Gasteiger partial charge on any atom is 0.0299 e. The Kier molecular flexibility index (Phi) is 5.57. The number of hydrogen-bond acceptors (Lipinski definition) is 2. The molecule has 0 bridgehead atoms. The third-order valence-electron chi connectivity index (χ3n) is 3.53. The zero-order valence-electron chi connectivity index (χ0n) is 11.3. The molecule has 2 nitrogen and oxygen atoms in total. The number of hydrogen-bond donors (Lipinski definition) is 1. The van der Waals surface area contributed by atoms with E-state index in [0.717, 1.165) is 19.4 Å². The van der Waals surface area contributed by atoms with Crippen LogP contribution in [-0.2, 0) is 6.42 Å². The van der Waals surface area contributed by atoms with E-state index in [9.17, 15) is 0 Å². The molecule has 0 saturated heterocycles. The lowest BCUT2D eigenvalue weighted by atomic mass is 9.90. The number of nitrogens with two attached hydrogens (primary N) is 1. The lowest BCUT2D eigenvalue weighted by molar-refractivity contribution is 0.558. The molecule has 19 heavy (non-hydrogen) atoms. The molecular formula is C17H22N2. The fourth-order valence-corrected chi connectivity index (χ4v) is 2.50. The molecule has 100 valence electrons. The molecule has 0 amide bonds. The van der Waals surface area contributed by atoms with Gasteiger partial charge in [0.1, 0.15) is 0 Å². The first kappa shape index (κ1) is 13.8. The van der Waals surface area contributed by atoms with Crippen molar-refractivity contribution < 1.29 is 0 Å².